The van der Waals surface area contributed by atoms with Gasteiger partial charge in [0.15, 0.2) is 0 Å². The average Bonchev–Trinajstić information content (AvgIpc) is 2.90. The SMILES string of the molecule is C[C@@H](NC(=O)Nc1cn[nH]c1)c1ccc(S(N)(=O)=O)cc1. The Morgan fingerprint density at radius 2 is 2.00 bits per heavy atom. The molecule has 1 aromatic carbocycles. The number of sulfonamides is 1. The number of nitrogens with one attached hydrogen (secondary N) is 3. The minimum absolute atomic E-state index is 0.0290. The fourth-order valence-corrected chi connectivity index (χ4v) is 2.23. The van der Waals surface area contributed by atoms with Gasteiger partial charge in [-0.1, -0.05) is 12.1 Å². The molecule has 0 radical (unpaired) electrons. The fourth-order valence-electron chi connectivity index (χ4n) is 1.71. The topological polar surface area (TPSA) is 130 Å². The van der Waals surface area contributed by atoms with Gasteiger partial charge in [-0.05, 0) is 24.6 Å². The van der Waals surface area contributed by atoms with E-state index in [9.17, 15) is 13.2 Å². The van der Waals surface area contributed by atoms with Crippen molar-refractivity contribution in [3.63, 3.8) is 0 Å². The largest absolute Gasteiger partial charge is 0.331 e. The van der Waals surface area contributed by atoms with E-state index in [1.54, 1.807) is 25.3 Å². The second kappa shape index (κ2) is 5.94. The molecule has 0 bridgehead atoms. The van der Waals surface area contributed by atoms with Crippen LogP contribution in [-0.4, -0.2) is 24.6 Å². The Morgan fingerprint density at radius 3 is 2.52 bits per heavy atom. The van der Waals surface area contributed by atoms with E-state index in [0.29, 0.717) is 5.69 Å². The van der Waals surface area contributed by atoms with Crippen molar-refractivity contribution in [2.24, 2.45) is 5.14 Å². The van der Waals surface area contributed by atoms with E-state index in [1.165, 1.54) is 18.3 Å². The van der Waals surface area contributed by atoms with Gasteiger partial charge in [0.05, 0.1) is 22.8 Å². The van der Waals surface area contributed by atoms with E-state index in [0.717, 1.165) is 5.56 Å². The summed E-state index contributed by atoms with van der Waals surface area (Å²) < 4.78 is 22.3. The van der Waals surface area contributed by atoms with Gasteiger partial charge in [0.2, 0.25) is 10.0 Å². The zero-order valence-corrected chi connectivity index (χ0v) is 12.0. The number of urea groups is 1. The minimum atomic E-state index is -3.71. The smallest absolute Gasteiger partial charge is 0.319 e. The maximum atomic E-state index is 11.7. The molecule has 0 spiro atoms. The van der Waals surface area contributed by atoms with Gasteiger partial charge in [-0.25, -0.2) is 18.4 Å². The number of primary sulfonamides is 1. The van der Waals surface area contributed by atoms with Crippen molar-refractivity contribution in [3.05, 3.63) is 42.2 Å². The normalized spacial score (nSPS) is 12.7. The van der Waals surface area contributed by atoms with Gasteiger partial charge in [0.1, 0.15) is 0 Å². The van der Waals surface area contributed by atoms with Crippen LogP contribution in [0, 0.1) is 0 Å². The lowest BCUT2D eigenvalue weighted by Gasteiger charge is -2.14. The number of benzene rings is 1. The molecule has 5 N–H and O–H groups in total. The maximum Gasteiger partial charge on any atom is 0.319 e. The van der Waals surface area contributed by atoms with Crippen LogP contribution in [0.1, 0.15) is 18.5 Å². The van der Waals surface area contributed by atoms with Crippen LogP contribution in [-0.2, 0) is 10.0 Å². The lowest BCUT2D eigenvalue weighted by Crippen LogP contribution is -2.31. The lowest BCUT2D eigenvalue weighted by atomic mass is 10.1. The van der Waals surface area contributed by atoms with E-state index in [1.807, 2.05) is 0 Å². The minimum Gasteiger partial charge on any atom is -0.331 e. The summed E-state index contributed by atoms with van der Waals surface area (Å²) in [6.07, 6.45) is 3.02. The summed E-state index contributed by atoms with van der Waals surface area (Å²) in [4.78, 5) is 11.8. The number of carbonyl (C=O) groups is 1. The maximum absolute atomic E-state index is 11.7. The van der Waals surface area contributed by atoms with Gasteiger partial charge >= 0.3 is 6.03 Å². The van der Waals surface area contributed by atoms with Gasteiger partial charge in [-0.3, -0.25) is 5.10 Å². The molecule has 2 amide bonds. The zero-order valence-electron chi connectivity index (χ0n) is 11.2. The van der Waals surface area contributed by atoms with Crippen LogP contribution in [0.15, 0.2) is 41.6 Å². The molecule has 9 heteroatoms. The Hall–Kier alpha value is -2.39. The standard InChI is InChI=1S/C12H15N5O3S/c1-8(16-12(18)17-10-6-14-15-7-10)9-2-4-11(5-3-9)21(13,19)20/h2-8H,1H3,(H,14,15)(H2,13,19,20)(H2,16,17,18)/t8-/m1/s1. The zero-order chi connectivity index (χ0) is 15.5. The van der Waals surface area contributed by atoms with Crippen molar-refractivity contribution in [2.75, 3.05) is 5.32 Å². The van der Waals surface area contributed by atoms with Gasteiger partial charge in [-0.15, -0.1) is 0 Å². The van der Waals surface area contributed by atoms with Crippen LogP contribution < -0.4 is 15.8 Å². The molecule has 0 aliphatic rings. The molecule has 8 nitrogen and oxygen atoms in total. The van der Waals surface area contributed by atoms with Crippen LogP contribution in [0.2, 0.25) is 0 Å². The van der Waals surface area contributed by atoms with E-state index in [-0.39, 0.29) is 17.0 Å². The Balaban J connectivity index is 2.00. The number of nitrogens with zero attached hydrogens (tertiary/aromatic N) is 1. The highest BCUT2D eigenvalue weighted by atomic mass is 32.2. The molecule has 112 valence electrons. The molecule has 2 rings (SSSR count). The molecular weight excluding hydrogens is 294 g/mol. The van der Waals surface area contributed by atoms with Crippen molar-refractivity contribution in [2.45, 2.75) is 17.9 Å². The summed E-state index contributed by atoms with van der Waals surface area (Å²) in [5.41, 5.74) is 1.30. The highest BCUT2D eigenvalue weighted by Gasteiger charge is 2.12. The first kappa shape index (κ1) is 15.0. The van der Waals surface area contributed by atoms with E-state index in [4.69, 9.17) is 5.14 Å². The highest BCUT2D eigenvalue weighted by molar-refractivity contribution is 7.89. The van der Waals surface area contributed by atoms with Crippen molar-refractivity contribution < 1.29 is 13.2 Å². The van der Waals surface area contributed by atoms with E-state index < -0.39 is 10.0 Å². The molecule has 0 fully saturated rings. The number of anilines is 1. The van der Waals surface area contributed by atoms with Crippen LogP contribution in [0.4, 0.5) is 10.5 Å². The molecule has 0 aliphatic heterocycles. The molecule has 2 aromatic rings. The summed E-state index contributed by atoms with van der Waals surface area (Å²) in [6, 6.07) is 5.31. The number of aromatic amines is 1. The number of aromatic nitrogens is 2. The quantitative estimate of drug-likeness (QED) is 0.669. The Labute approximate surface area is 121 Å². The molecule has 0 saturated carbocycles. The van der Waals surface area contributed by atoms with Gasteiger partial charge in [-0.2, -0.15) is 5.10 Å². The first-order valence-electron chi connectivity index (χ1n) is 6.05. The highest BCUT2D eigenvalue weighted by Crippen LogP contribution is 2.15. The third kappa shape index (κ3) is 4.04. The summed E-state index contributed by atoms with van der Waals surface area (Å²) in [5, 5.41) is 16.6. The third-order valence-electron chi connectivity index (χ3n) is 2.81. The average molecular weight is 309 g/mol. The van der Waals surface area contributed by atoms with Crippen molar-refractivity contribution in [3.8, 4) is 0 Å². The summed E-state index contributed by atoms with van der Waals surface area (Å²) in [6.45, 7) is 1.78. The molecule has 0 saturated heterocycles. The summed E-state index contributed by atoms with van der Waals surface area (Å²) in [7, 11) is -3.71. The Morgan fingerprint density at radius 1 is 1.33 bits per heavy atom. The van der Waals surface area contributed by atoms with Gasteiger partial charge in [0.25, 0.3) is 0 Å². The molecule has 1 heterocycles. The van der Waals surface area contributed by atoms with Gasteiger partial charge in [0, 0.05) is 6.20 Å². The number of rotatable bonds is 4. The number of H-pyrrole nitrogens is 1. The van der Waals surface area contributed by atoms with Crippen molar-refractivity contribution in [1.29, 1.82) is 0 Å². The number of hydrogen-bond donors (Lipinski definition) is 4. The second-order valence-corrected chi connectivity index (χ2v) is 5.98. The summed E-state index contributed by atoms with van der Waals surface area (Å²) in [5.74, 6) is 0. The second-order valence-electron chi connectivity index (χ2n) is 4.42. The molecule has 1 aromatic heterocycles. The van der Waals surface area contributed by atoms with Crippen molar-refractivity contribution >= 4 is 21.7 Å². The fraction of sp³-hybridized carbons (Fsp3) is 0.167. The Bertz CT molecular complexity index is 710. The molecule has 21 heavy (non-hydrogen) atoms. The summed E-state index contributed by atoms with van der Waals surface area (Å²) >= 11 is 0. The number of hydrogen-bond acceptors (Lipinski definition) is 4. The predicted molar refractivity (Wildman–Crippen MR) is 77.0 cm³/mol. The molecular formula is C12H15N5O3S. The third-order valence-corrected chi connectivity index (χ3v) is 3.74. The van der Waals surface area contributed by atoms with Crippen LogP contribution >= 0.6 is 0 Å². The first-order valence-corrected chi connectivity index (χ1v) is 7.60. The molecule has 1 atom stereocenters. The number of carbonyl (C=O) groups excluding carboxylic acids is 1. The Kier molecular flexibility index (Phi) is 4.24. The monoisotopic (exact) mass is 309 g/mol. The van der Waals surface area contributed by atoms with Crippen molar-refractivity contribution in [1.82, 2.24) is 15.5 Å². The van der Waals surface area contributed by atoms with Gasteiger partial charge < -0.3 is 10.6 Å². The van der Waals surface area contributed by atoms with E-state index in [2.05, 4.69) is 20.8 Å². The van der Waals surface area contributed by atoms with E-state index >= 15 is 0 Å². The molecule has 0 aliphatic carbocycles. The number of nitrogens with two attached hydrogens (primary N) is 1. The van der Waals surface area contributed by atoms with Crippen LogP contribution in [0.25, 0.3) is 0 Å². The van der Waals surface area contributed by atoms with Crippen LogP contribution in [0.3, 0.4) is 0 Å². The lowest BCUT2D eigenvalue weighted by molar-refractivity contribution is 0.249. The molecule has 0 unspecified atom stereocenters. The first-order chi connectivity index (χ1) is 9.86. The predicted octanol–water partition coefficient (Wildman–Crippen LogP) is 0.940. The van der Waals surface area contributed by atoms with Crippen LogP contribution in [0.5, 0.6) is 0 Å². The number of amides is 2.